The molecular weight excluding hydrogens is 218 g/mol. The van der Waals surface area contributed by atoms with E-state index in [9.17, 15) is 15.0 Å². The Balaban J connectivity index is 2.76. The van der Waals surface area contributed by atoms with Crippen molar-refractivity contribution >= 4 is 5.91 Å². The Kier molecular flexibility index (Phi) is 4.63. The summed E-state index contributed by atoms with van der Waals surface area (Å²) in [5.41, 5.74) is 0. The fourth-order valence-electron chi connectivity index (χ4n) is 1.76. The lowest BCUT2D eigenvalue weighted by Crippen LogP contribution is -2.64. The molecule has 0 spiro atoms. The van der Waals surface area contributed by atoms with Crippen LogP contribution in [0, 0.1) is 0 Å². The Morgan fingerprint density at radius 1 is 1.50 bits per heavy atom. The topological polar surface area (TPSA) is 108 Å². The zero-order valence-electron chi connectivity index (χ0n) is 9.16. The van der Waals surface area contributed by atoms with Gasteiger partial charge in [-0.25, -0.2) is 0 Å². The minimum absolute atomic E-state index is 0.389. The monoisotopic (exact) mass is 235 g/mol. The van der Waals surface area contributed by atoms with Gasteiger partial charge in [-0.05, 0) is 0 Å². The van der Waals surface area contributed by atoms with Gasteiger partial charge in [0.25, 0.3) is 0 Å². The van der Waals surface area contributed by atoms with Crippen molar-refractivity contribution in [1.82, 2.24) is 5.32 Å². The number of hydrogen-bond donors (Lipinski definition) is 4. The van der Waals surface area contributed by atoms with Crippen molar-refractivity contribution in [3.05, 3.63) is 0 Å². The number of carbonyl (C=O) groups excluding carboxylic acids is 1. The Labute approximate surface area is 93.0 Å². The van der Waals surface area contributed by atoms with Gasteiger partial charge in [-0.1, -0.05) is 0 Å². The van der Waals surface area contributed by atoms with Crippen molar-refractivity contribution in [3.8, 4) is 0 Å². The number of carbonyl (C=O) groups is 1. The Bertz CT molecular complexity index is 248. The number of hydrogen-bond acceptors (Lipinski definition) is 6. The molecule has 0 bridgehead atoms. The highest BCUT2D eigenvalue weighted by Crippen LogP contribution is 2.21. The molecule has 1 rings (SSSR count). The van der Waals surface area contributed by atoms with E-state index in [1.54, 1.807) is 0 Å². The lowest BCUT2D eigenvalue weighted by atomic mass is 9.97. The number of nitrogens with one attached hydrogen (secondary N) is 1. The van der Waals surface area contributed by atoms with Crippen LogP contribution < -0.4 is 5.32 Å². The molecule has 1 aliphatic rings. The smallest absolute Gasteiger partial charge is 0.217 e. The van der Waals surface area contributed by atoms with E-state index in [0.29, 0.717) is 0 Å². The largest absolute Gasteiger partial charge is 0.394 e. The zero-order chi connectivity index (χ0) is 12.3. The lowest BCUT2D eigenvalue weighted by Gasteiger charge is -2.41. The summed E-state index contributed by atoms with van der Waals surface area (Å²) in [4.78, 5) is 10.9. The van der Waals surface area contributed by atoms with Gasteiger partial charge in [0.1, 0.15) is 24.4 Å². The van der Waals surface area contributed by atoms with Crippen molar-refractivity contribution in [2.24, 2.45) is 0 Å². The van der Waals surface area contributed by atoms with Crippen LogP contribution in [0.2, 0.25) is 0 Å². The van der Waals surface area contributed by atoms with Gasteiger partial charge in [0.2, 0.25) is 5.91 Å². The van der Waals surface area contributed by atoms with Gasteiger partial charge in [-0.3, -0.25) is 4.79 Å². The molecule has 1 saturated heterocycles. The maximum Gasteiger partial charge on any atom is 0.217 e. The van der Waals surface area contributed by atoms with Crippen LogP contribution in [0.3, 0.4) is 0 Å². The number of ether oxygens (including phenoxy) is 2. The molecule has 0 radical (unpaired) electrons. The zero-order valence-corrected chi connectivity index (χ0v) is 9.16. The maximum absolute atomic E-state index is 10.9. The van der Waals surface area contributed by atoms with E-state index in [0.717, 1.165) is 0 Å². The third kappa shape index (κ3) is 2.69. The Morgan fingerprint density at radius 3 is 2.56 bits per heavy atom. The SMILES string of the molecule is CO[C@H]1[C@H](O)[C@@H](NC(C)=O)[C@@H](O)O[C@@H]1CO. The number of aliphatic hydroxyl groups is 3. The standard InChI is InChI=1S/C9H17NO6/c1-4(12)10-6-7(13)8(15-2)5(3-11)16-9(6)14/h5-9,11,13-14H,3H2,1-2H3,(H,10,12)/t5-,6-,7-,8-,9+/m1/s1. The summed E-state index contributed by atoms with van der Waals surface area (Å²) < 4.78 is 10.00. The predicted molar refractivity (Wildman–Crippen MR) is 52.4 cm³/mol. The molecule has 0 unspecified atom stereocenters. The van der Waals surface area contributed by atoms with Crippen LogP contribution in [-0.2, 0) is 14.3 Å². The van der Waals surface area contributed by atoms with E-state index in [-0.39, 0.29) is 6.61 Å². The summed E-state index contributed by atoms with van der Waals surface area (Å²) in [5, 5.41) is 30.7. The highest BCUT2D eigenvalue weighted by Gasteiger charge is 2.44. The summed E-state index contributed by atoms with van der Waals surface area (Å²) in [6.45, 7) is 0.874. The molecule has 0 aromatic rings. The first-order valence-electron chi connectivity index (χ1n) is 4.93. The molecule has 5 atom stereocenters. The van der Waals surface area contributed by atoms with Crippen LogP contribution in [0.15, 0.2) is 0 Å². The van der Waals surface area contributed by atoms with Crippen LogP contribution in [0.25, 0.3) is 0 Å². The van der Waals surface area contributed by atoms with E-state index < -0.39 is 36.6 Å². The summed E-state index contributed by atoms with van der Waals surface area (Å²) in [6, 6.07) is -0.967. The van der Waals surface area contributed by atoms with Crippen molar-refractivity contribution in [2.45, 2.75) is 37.6 Å². The molecule has 0 aromatic carbocycles. The first-order valence-corrected chi connectivity index (χ1v) is 4.93. The van der Waals surface area contributed by atoms with E-state index in [2.05, 4.69) is 5.32 Å². The lowest BCUT2D eigenvalue weighted by molar-refractivity contribution is -0.258. The highest BCUT2D eigenvalue weighted by atomic mass is 16.6. The van der Waals surface area contributed by atoms with E-state index in [1.807, 2.05) is 0 Å². The maximum atomic E-state index is 10.9. The molecule has 16 heavy (non-hydrogen) atoms. The molecular formula is C9H17NO6. The third-order valence-electron chi connectivity index (χ3n) is 2.51. The average Bonchev–Trinajstić information content (AvgIpc) is 2.23. The molecule has 1 aliphatic heterocycles. The minimum Gasteiger partial charge on any atom is -0.394 e. The number of rotatable bonds is 3. The van der Waals surface area contributed by atoms with Crippen LogP contribution >= 0.6 is 0 Å². The highest BCUT2D eigenvalue weighted by molar-refractivity contribution is 5.73. The van der Waals surface area contributed by atoms with Crippen LogP contribution in [-0.4, -0.2) is 65.6 Å². The third-order valence-corrected chi connectivity index (χ3v) is 2.51. The molecule has 94 valence electrons. The van der Waals surface area contributed by atoms with E-state index >= 15 is 0 Å². The summed E-state index contributed by atoms with van der Waals surface area (Å²) >= 11 is 0. The first kappa shape index (κ1) is 13.3. The van der Waals surface area contributed by atoms with Crippen LogP contribution in [0.1, 0.15) is 6.92 Å². The van der Waals surface area contributed by atoms with Gasteiger partial charge >= 0.3 is 0 Å². The number of aliphatic hydroxyl groups excluding tert-OH is 3. The van der Waals surface area contributed by atoms with Crippen LogP contribution in [0.5, 0.6) is 0 Å². The summed E-state index contributed by atoms with van der Waals surface area (Å²) in [6.07, 6.45) is -4.14. The molecule has 4 N–H and O–H groups in total. The quantitative estimate of drug-likeness (QED) is 0.433. The van der Waals surface area contributed by atoms with Crippen molar-refractivity contribution in [3.63, 3.8) is 0 Å². The molecule has 1 heterocycles. The van der Waals surface area contributed by atoms with E-state index in [1.165, 1.54) is 14.0 Å². The van der Waals surface area contributed by atoms with Crippen molar-refractivity contribution < 1.29 is 29.6 Å². The van der Waals surface area contributed by atoms with Gasteiger partial charge in [0.15, 0.2) is 6.29 Å². The van der Waals surface area contributed by atoms with Gasteiger partial charge < -0.3 is 30.1 Å². The van der Waals surface area contributed by atoms with Gasteiger partial charge in [-0.2, -0.15) is 0 Å². The Hall–Kier alpha value is -0.730. The van der Waals surface area contributed by atoms with E-state index in [4.69, 9.17) is 14.6 Å². The average molecular weight is 235 g/mol. The molecule has 7 nitrogen and oxygen atoms in total. The molecule has 1 fully saturated rings. The molecule has 0 aliphatic carbocycles. The van der Waals surface area contributed by atoms with Crippen molar-refractivity contribution in [2.75, 3.05) is 13.7 Å². The van der Waals surface area contributed by atoms with Crippen molar-refractivity contribution in [1.29, 1.82) is 0 Å². The molecule has 7 heteroatoms. The molecule has 0 saturated carbocycles. The first-order chi connectivity index (χ1) is 7.51. The summed E-state index contributed by atoms with van der Waals surface area (Å²) in [7, 11) is 1.35. The minimum atomic E-state index is -1.37. The summed E-state index contributed by atoms with van der Waals surface area (Å²) in [5.74, 6) is -0.399. The van der Waals surface area contributed by atoms with Gasteiger partial charge in [-0.15, -0.1) is 0 Å². The van der Waals surface area contributed by atoms with Gasteiger partial charge in [0, 0.05) is 14.0 Å². The predicted octanol–water partition coefficient (Wildman–Crippen LogP) is -2.42. The fourth-order valence-corrected chi connectivity index (χ4v) is 1.76. The van der Waals surface area contributed by atoms with Crippen LogP contribution in [0.4, 0.5) is 0 Å². The molecule has 0 aromatic heterocycles. The number of methoxy groups -OCH3 is 1. The van der Waals surface area contributed by atoms with Gasteiger partial charge in [0.05, 0.1) is 6.61 Å². The fraction of sp³-hybridized carbons (Fsp3) is 0.889. The number of amides is 1. The molecule has 1 amide bonds. The Morgan fingerprint density at radius 2 is 2.12 bits per heavy atom. The second kappa shape index (κ2) is 5.55. The second-order valence-electron chi connectivity index (χ2n) is 3.66. The second-order valence-corrected chi connectivity index (χ2v) is 3.66. The normalized spacial score (nSPS) is 39.4.